The molecule has 0 saturated carbocycles. The van der Waals surface area contributed by atoms with Crippen molar-refractivity contribution in [2.75, 3.05) is 6.54 Å². The predicted octanol–water partition coefficient (Wildman–Crippen LogP) is 5.82. The SMILES string of the molecule is CCCCCCCC[NH3+].O=C(CCC(=O)Oc1ccccc1)OSc1nc2ccccc2s1. The molecule has 8 heteroatoms. The molecule has 0 fully saturated rings. The number of nitrogens with zero attached hydrogens (tertiary/aromatic N) is 1. The molecule has 0 radical (unpaired) electrons. The van der Waals surface area contributed by atoms with E-state index in [1.54, 1.807) is 24.3 Å². The Hall–Kier alpha value is -2.42. The number of thiazole rings is 1. The molecular formula is C25H33N2O4S2+. The Morgan fingerprint density at radius 2 is 1.58 bits per heavy atom. The number of quaternary nitrogens is 1. The molecule has 0 spiro atoms. The number of esters is 1. The van der Waals surface area contributed by atoms with E-state index < -0.39 is 11.9 Å². The zero-order valence-electron chi connectivity index (χ0n) is 19.2. The maximum atomic E-state index is 11.7. The fraction of sp³-hybridized carbons (Fsp3) is 0.400. The molecule has 0 aliphatic carbocycles. The minimum atomic E-state index is -0.482. The summed E-state index contributed by atoms with van der Waals surface area (Å²) in [4.78, 5) is 27.7. The van der Waals surface area contributed by atoms with Gasteiger partial charge in [-0.2, -0.15) is 0 Å². The molecule has 1 aromatic heterocycles. The summed E-state index contributed by atoms with van der Waals surface area (Å²) in [6.07, 6.45) is 8.26. The van der Waals surface area contributed by atoms with Gasteiger partial charge in [0.25, 0.3) is 0 Å². The van der Waals surface area contributed by atoms with Crippen molar-refractivity contribution in [3.63, 3.8) is 0 Å². The van der Waals surface area contributed by atoms with Crippen molar-refractivity contribution in [2.24, 2.45) is 0 Å². The summed E-state index contributed by atoms with van der Waals surface area (Å²) in [6.45, 7) is 3.37. The van der Waals surface area contributed by atoms with Crippen LogP contribution in [0.5, 0.6) is 5.75 Å². The highest BCUT2D eigenvalue weighted by Gasteiger charge is 2.12. The summed E-state index contributed by atoms with van der Waals surface area (Å²) < 4.78 is 11.9. The Balaban J connectivity index is 0.000000365. The van der Waals surface area contributed by atoms with Crippen LogP contribution in [0.2, 0.25) is 0 Å². The van der Waals surface area contributed by atoms with E-state index in [1.165, 1.54) is 49.9 Å². The van der Waals surface area contributed by atoms with E-state index >= 15 is 0 Å². The lowest BCUT2D eigenvalue weighted by Gasteiger charge is -2.03. The van der Waals surface area contributed by atoms with Gasteiger partial charge >= 0.3 is 11.9 Å². The molecule has 3 rings (SSSR count). The minimum absolute atomic E-state index is 0.0336. The molecule has 0 unspecified atom stereocenters. The summed E-state index contributed by atoms with van der Waals surface area (Å²) in [5, 5.41) is 0. The van der Waals surface area contributed by atoms with E-state index in [4.69, 9.17) is 8.92 Å². The Morgan fingerprint density at radius 3 is 2.30 bits per heavy atom. The highest BCUT2D eigenvalue weighted by molar-refractivity contribution is 7.97. The van der Waals surface area contributed by atoms with Gasteiger partial charge in [0.2, 0.25) is 0 Å². The van der Waals surface area contributed by atoms with Crippen molar-refractivity contribution in [3.05, 3.63) is 54.6 Å². The first-order chi connectivity index (χ1) is 16.1. The number of para-hydroxylation sites is 2. The van der Waals surface area contributed by atoms with Gasteiger partial charge in [-0.25, -0.2) is 4.98 Å². The monoisotopic (exact) mass is 489 g/mol. The number of carbonyl (C=O) groups excluding carboxylic acids is 2. The molecule has 0 amide bonds. The molecule has 178 valence electrons. The molecule has 0 atom stereocenters. The van der Waals surface area contributed by atoms with Gasteiger partial charge in [0, 0.05) is 0 Å². The van der Waals surface area contributed by atoms with Gasteiger partial charge in [-0.05, 0) is 37.1 Å². The summed E-state index contributed by atoms with van der Waals surface area (Å²) in [5.41, 5.74) is 4.67. The van der Waals surface area contributed by atoms with E-state index in [0.717, 1.165) is 28.8 Å². The summed E-state index contributed by atoms with van der Waals surface area (Å²) >= 11 is 2.36. The molecule has 0 aliphatic rings. The van der Waals surface area contributed by atoms with Crippen LogP contribution in [0.1, 0.15) is 58.3 Å². The highest BCUT2D eigenvalue weighted by atomic mass is 32.2. The van der Waals surface area contributed by atoms with E-state index in [-0.39, 0.29) is 12.8 Å². The topological polar surface area (TPSA) is 93.1 Å². The van der Waals surface area contributed by atoms with Gasteiger partial charge in [-0.15, -0.1) is 11.3 Å². The number of ether oxygens (including phenoxy) is 1. The first kappa shape index (κ1) is 26.8. The van der Waals surface area contributed by atoms with E-state index in [2.05, 4.69) is 17.6 Å². The van der Waals surface area contributed by atoms with E-state index in [0.29, 0.717) is 10.1 Å². The number of hydrogen-bond acceptors (Lipinski definition) is 7. The van der Waals surface area contributed by atoms with Crippen molar-refractivity contribution in [1.82, 2.24) is 4.98 Å². The second kappa shape index (κ2) is 16.2. The van der Waals surface area contributed by atoms with Crippen LogP contribution in [-0.2, 0) is 13.8 Å². The maximum Gasteiger partial charge on any atom is 0.318 e. The number of benzene rings is 2. The summed E-state index contributed by atoms with van der Waals surface area (Å²) in [7, 11) is 0. The van der Waals surface area contributed by atoms with Gasteiger partial charge in [0.1, 0.15) is 17.8 Å². The van der Waals surface area contributed by atoms with Crippen molar-refractivity contribution in [3.8, 4) is 5.75 Å². The molecule has 0 saturated heterocycles. The Labute approximate surface area is 204 Å². The van der Waals surface area contributed by atoms with Crippen LogP contribution in [0.3, 0.4) is 0 Å². The van der Waals surface area contributed by atoms with Crippen molar-refractivity contribution >= 4 is 45.5 Å². The molecule has 0 aliphatic heterocycles. The molecular weight excluding hydrogens is 456 g/mol. The molecule has 3 N–H and O–H groups in total. The Kier molecular flexibility index (Phi) is 13.2. The maximum absolute atomic E-state index is 11.7. The van der Waals surface area contributed by atoms with Crippen LogP contribution >= 0.6 is 23.4 Å². The van der Waals surface area contributed by atoms with Crippen LogP contribution in [0.25, 0.3) is 10.2 Å². The second-order valence-corrected chi connectivity index (χ2v) is 9.40. The zero-order chi connectivity index (χ0) is 23.7. The van der Waals surface area contributed by atoms with Gasteiger partial charge in [0.15, 0.2) is 4.34 Å². The van der Waals surface area contributed by atoms with E-state index in [9.17, 15) is 9.59 Å². The first-order valence-corrected chi connectivity index (χ1v) is 13.0. The molecule has 2 aromatic carbocycles. The van der Waals surface area contributed by atoms with Crippen molar-refractivity contribution < 1.29 is 24.2 Å². The lowest BCUT2D eigenvalue weighted by atomic mass is 10.1. The number of fused-ring (bicyclic) bond motifs is 1. The summed E-state index contributed by atoms with van der Waals surface area (Å²) in [6, 6.07) is 16.4. The first-order valence-electron chi connectivity index (χ1n) is 11.4. The smallest absolute Gasteiger partial charge is 0.318 e. The zero-order valence-corrected chi connectivity index (χ0v) is 20.8. The predicted molar refractivity (Wildman–Crippen MR) is 134 cm³/mol. The standard InChI is InChI=1S/C17H13NO4S2.C8H19N/c19-15(21-12-6-2-1-3-7-12)10-11-16(20)22-24-17-18-13-8-4-5-9-14(13)23-17;1-2-3-4-5-6-7-8-9/h1-9H,10-11H2;2-9H2,1H3/p+1. The molecule has 6 nitrogen and oxygen atoms in total. The number of hydrogen-bond donors (Lipinski definition) is 1. The Bertz CT molecular complexity index is 924. The summed E-state index contributed by atoms with van der Waals surface area (Å²) in [5.74, 6) is -0.493. The number of rotatable bonds is 12. The van der Waals surface area contributed by atoms with Crippen LogP contribution in [0.4, 0.5) is 0 Å². The van der Waals surface area contributed by atoms with Gasteiger partial charge in [-0.3, -0.25) is 9.59 Å². The van der Waals surface area contributed by atoms with Crippen molar-refractivity contribution in [1.29, 1.82) is 0 Å². The van der Waals surface area contributed by atoms with Gasteiger partial charge in [0.05, 0.1) is 29.6 Å². The fourth-order valence-electron chi connectivity index (χ4n) is 2.84. The number of unbranched alkanes of at least 4 members (excludes halogenated alkanes) is 5. The third-order valence-corrected chi connectivity index (χ3v) is 6.38. The van der Waals surface area contributed by atoms with Crippen molar-refractivity contribution in [2.45, 2.75) is 62.6 Å². The largest absolute Gasteiger partial charge is 0.427 e. The lowest BCUT2D eigenvalue weighted by Crippen LogP contribution is -2.50. The molecule has 3 aromatic rings. The minimum Gasteiger partial charge on any atom is -0.427 e. The lowest BCUT2D eigenvalue weighted by molar-refractivity contribution is -0.368. The molecule has 33 heavy (non-hydrogen) atoms. The van der Waals surface area contributed by atoms with Crippen LogP contribution in [-0.4, -0.2) is 23.5 Å². The third-order valence-electron chi connectivity index (χ3n) is 4.59. The van der Waals surface area contributed by atoms with Crippen LogP contribution < -0.4 is 10.5 Å². The van der Waals surface area contributed by atoms with Crippen LogP contribution in [0, 0.1) is 0 Å². The van der Waals surface area contributed by atoms with Crippen LogP contribution in [0.15, 0.2) is 58.9 Å². The third kappa shape index (κ3) is 11.3. The number of carbonyl (C=O) groups is 2. The average Bonchev–Trinajstić information content (AvgIpc) is 3.26. The Morgan fingerprint density at radius 1 is 0.909 bits per heavy atom. The van der Waals surface area contributed by atoms with Gasteiger partial charge in [-0.1, -0.05) is 62.9 Å². The number of aromatic nitrogens is 1. The second-order valence-electron chi connectivity index (χ2n) is 7.39. The average molecular weight is 490 g/mol. The molecule has 0 bridgehead atoms. The molecule has 1 heterocycles. The highest BCUT2D eigenvalue weighted by Crippen LogP contribution is 2.30. The van der Waals surface area contributed by atoms with E-state index in [1.807, 2.05) is 30.3 Å². The normalized spacial score (nSPS) is 10.4. The quantitative estimate of drug-likeness (QED) is 0.149. The van der Waals surface area contributed by atoms with Gasteiger partial charge < -0.3 is 14.7 Å². The fourth-order valence-corrected chi connectivity index (χ4v) is 4.43.